The highest BCUT2D eigenvalue weighted by molar-refractivity contribution is 7.89. The van der Waals surface area contributed by atoms with Gasteiger partial charge in [-0.25, -0.2) is 8.42 Å². The van der Waals surface area contributed by atoms with Crippen molar-refractivity contribution in [2.24, 2.45) is 11.8 Å². The van der Waals surface area contributed by atoms with E-state index < -0.39 is 25.7 Å². The molecule has 0 aliphatic carbocycles. The molecule has 2 unspecified atom stereocenters. The van der Waals surface area contributed by atoms with Crippen molar-refractivity contribution in [3.05, 3.63) is 39.9 Å². The van der Waals surface area contributed by atoms with Crippen LogP contribution >= 0.6 is 11.6 Å². The number of halogens is 1. The van der Waals surface area contributed by atoms with Crippen molar-refractivity contribution in [3.8, 4) is 0 Å². The first-order valence-electron chi connectivity index (χ1n) is 7.39. The molecule has 1 heterocycles. The van der Waals surface area contributed by atoms with Crippen LogP contribution in [0.5, 0.6) is 0 Å². The van der Waals surface area contributed by atoms with Gasteiger partial charge in [-0.05, 0) is 32.9 Å². The van der Waals surface area contributed by atoms with Crippen molar-refractivity contribution in [2.75, 3.05) is 19.6 Å². The van der Waals surface area contributed by atoms with E-state index in [1.54, 1.807) is 38.1 Å². The molecule has 0 N–H and O–H groups in total. The lowest BCUT2D eigenvalue weighted by molar-refractivity contribution is -0.489. The quantitative estimate of drug-likeness (QED) is 0.459. The molecular formula is C15H21ClN2O4S. The van der Waals surface area contributed by atoms with E-state index in [0.29, 0.717) is 0 Å². The number of alkyl halides is 1. The lowest BCUT2D eigenvalue weighted by Gasteiger charge is -2.27. The Bertz CT molecular complexity index is 682. The van der Waals surface area contributed by atoms with Crippen LogP contribution < -0.4 is 0 Å². The average Bonchev–Trinajstić information content (AvgIpc) is 2.83. The molecule has 2 atom stereocenters. The first kappa shape index (κ1) is 18.2. The van der Waals surface area contributed by atoms with E-state index in [4.69, 9.17) is 11.6 Å². The van der Waals surface area contributed by atoms with Crippen LogP contribution in [0.1, 0.15) is 19.4 Å². The zero-order valence-corrected chi connectivity index (χ0v) is 15.0. The second kappa shape index (κ2) is 6.37. The number of sulfonamides is 1. The molecule has 0 aromatic heterocycles. The van der Waals surface area contributed by atoms with E-state index in [1.807, 2.05) is 6.92 Å². The molecule has 0 radical (unpaired) electrons. The van der Waals surface area contributed by atoms with Crippen LogP contribution in [0.3, 0.4) is 0 Å². The third kappa shape index (κ3) is 4.02. The number of hydrogen-bond donors (Lipinski definition) is 0. The van der Waals surface area contributed by atoms with E-state index in [1.165, 1.54) is 4.31 Å². The van der Waals surface area contributed by atoms with E-state index in [-0.39, 0.29) is 30.4 Å². The van der Waals surface area contributed by atoms with Gasteiger partial charge in [0.05, 0.1) is 4.90 Å². The number of hydrogen-bond acceptors (Lipinski definition) is 4. The zero-order valence-electron chi connectivity index (χ0n) is 13.4. The number of nitrogens with zero attached hydrogens (tertiary/aromatic N) is 2. The smallest absolute Gasteiger partial charge is 0.243 e. The highest BCUT2D eigenvalue weighted by Gasteiger charge is 2.47. The molecule has 0 bridgehead atoms. The molecule has 1 aromatic carbocycles. The van der Waals surface area contributed by atoms with Crippen LogP contribution in [-0.4, -0.2) is 42.2 Å². The normalized spacial score (nSPS) is 23.1. The molecule has 2 rings (SSSR count). The zero-order chi connectivity index (χ0) is 17.4. The summed E-state index contributed by atoms with van der Waals surface area (Å²) in [6.07, 6.45) is 0. The van der Waals surface area contributed by atoms with Gasteiger partial charge < -0.3 is 0 Å². The maximum absolute atomic E-state index is 12.8. The van der Waals surface area contributed by atoms with Crippen molar-refractivity contribution in [3.63, 3.8) is 0 Å². The van der Waals surface area contributed by atoms with Crippen LogP contribution in [-0.2, 0) is 10.0 Å². The van der Waals surface area contributed by atoms with Gasteiger partial charge in [0, 0.05) is 34.7 Å². The average molecular weight is 361 g/mol. The van der Waals surface area contributed by atoms with Gasteiger partial charge in [0.25, 0.3) is 0 Å². The monoisotopic (exact) mass is 360 g/mol. The Kier molecular flexibility index (Phi) is 5.03. The molecule has 1 aliphatic heterocycles. The molecule has 0 amide bonds. The molecule has 8 heteroatoms. The van der Waals surface area contributed by atoms with Gasteiger partial charge in [0.1, 0.15) is 0 Å². The van der Waals surface area contributed by atoms with Gasteiger partial charge in [-0.1, -0.05) is 17.7 Å². The molecule has 0 saturated carbocycles. The van der Waals surface area contributed by atoms with E-state index >= 15 is 0 Å². The summed E-state index contributed by atoms with van der Waals surface area (Å²) in [4.78, 5) is 9.98. The summed E-state index contributed by atoms with van der Waals surface area (Å²) in [6, 6.07) is 6.60. The summed E-state index contributed by atoms with van der Waals surface area (Å²) in [5.74, 6) is -0.660. The molecule has 1 saturated heterocycles. The third-order valence-corrected chi connectivity index (χ3v) is 6.46. The first-order valence-corrected chi connectivity index (χ1v) is 9.21. The van der Waals surface area contributed by atoms with Gasteiger partial charge >= 0.3 is 0 Å². The van der Waals surface area contributed by atoms with E-state index in [0.717, 1.165) is 5.56 Å². The van der Waals surface area contributed by atoms with Gasteiger partial charge in [-0.3, -0.25) is 10.1 Å². The fourth-order valence-electron chi connectivity index (χ4n) is 3.04. The Morgan fingerprint density at radius 2 is 1.87 bits per heavy atom. The maximum Gasteiger partial charge on any atom is 0.243 e. The standard InChI is InChI=1S/C15H21ClN2O4S/c1-11-4-6-13(7-5-11)23(21,22)17-8-12(9-18(19)20)14(10-17)15(2,3)16/h4-7,12,14H,8-10H2,1-3H3. The van der Waals surface area contributed by atoms with Gasteiger partial charge in [0.15, 0.2) is 0 Å². The predicted molar refractivity (Wildman–Crippen MR) is 88.7 cm³/mol. The van der Waals surface area contributed by atoms with Crippen molar-refractivity contribution in [2.45, 2.75) is 30.5 Å². The molecule has 0 spiro atoms. The summed E-state index contributed by atoms with van der Waals surface area (Å²) in [5.41, 5.74) is 0.969. The first-order chi connectivity index (χ1) is 10.5. The Labute approximate surface area is 141 Å². The Morgan fingerprint density at radius 1 is 1.30 bits per heavy atom. The third-order valence-electron chi connectivity index (χ3n) is 4.33. The number of rotatable bonds is 5. The molecule has 1 aliphatic rings. The van der Waals surface area contributed by atoms with Gasteiger partial charge in [-0.15, -0.1) is 11.6 Å². The van der Waals surface area contributed by atoms with Crippen LogP contribution in [0.4, 0.5) is 0 Å². The van der Waals surface area contributed by atoms with Crippen LogP contribution in [0, 0.1) is 28.9 Å². The molecular weight excluding hydrogens is 340 g/mol. The summed E-state index contributed by atoms with van der Waals surface area (Å²) >= 11 is 6.36. The fraction of sp³-hybridized carbons (Fsp3) is 0.600. The predicted octanol–water partition coefficient (Wildman–Crippen LogP) is 2.53. The van der Waals surface area contributed by atoms with Crippen molar-refractivity contribution in [1.82, 2.24) is 4.31 Å². The maximum atomic E-state index is 12.8. The molecule has 128 valence electrons. The molecule has 1 fully saturated rings. The van der Waals surface area contributed by atoms with Gasteiger partial charge in [0.2, 0.25) is 16.6 Å². The lowest BCUT2D eigenvalue weighted by Crippen LogP contribution is -2.34. The van der Waals surface area contributed by atoms with E-state index in [9.17, 15) is 18.5 Å². The summed E-state index contributed by atoms with van der Waals surface area (Å²) < 4.78 is 26.8. The second-order valence-electron chi connectivity index (χ2n) is 6.58. The molecule has 1 aromatic rings. The highest BCUT2D eigenvalue weighted by atomic mass is 35.5. The Morgan fingerprint density at radius 3 is 2.35 bits per heavy atom. The van der Waals surface area contributed by atoms with E-state index in [2.05, 4.69) is 0 Å². The minimum Gasteiger partial charge on any atom is -0.265 e. The second-order valence-corrected chi connectivity index (χ2v) is 9.49. The topological polar surface area (TPSA) is 80.5 Å². The highest BCUT2D eigenvalue weighted by Crippen LogP contribution is 2.38. The van der Waals surface area contributed by atoms with Crippen molar-refractivity contribution >= 4 is 21.6 Å². The largest absolute Gasteiger partial charge is 0.265 e. The number of aryl methyl sites for hydroxylation is 1. The fourth-order valence-corrected chi connectivity index (χ4v) is 4.81. The van der Waals surface area contributed by atoms with Crippen molar-refractivity contribution < 1.29 is 13.3 Å². The van der Waals surface area contributed by atoms with Crippen LogP contribution in [0.25, 0.3) is 0 Å². The molecule has 6 nitrogen and oxygen atoms in total. The SMILES string of the molecule is Cc1ccc(S(=O)(=O)N2CC(C[N+](=O)[O-])C(C(C)(C)Cl)C2)cc1. The van der Waals surface area contributed by atoms with Crippen LogP contribution in [0.2, 0.25) is 0 Å². The number of benzene rings is 1. The van der Waals surface area contributed by atoms with Crippen molar-refractivity contribution in [1.29, 1.82) is 0 Å². The summed E-state index contributed by atoms with van der Waals surface area (Å²) in [6.45, 7) is 5.47. The summed E-state index contributed by atoms with van der Waals surface area (Å²) in [7, 11) is -3.67. The number of nitro groups is 1. The van der Waals surface area contributed by atoms with Crippen LogP contribution in [0.15, 0.2) is 29.2 Å². The Hall–Kier alpha value is -1.18. The minimum absolute atomic E-state index is 0.123. The molecule has 23 heavy (non-hydrogen) atoms. The summed E-state index contributed by atoms with van der Waals surface area (Å²) in [5, 5.41) is 10.9. The lowest BCUT2D eigenvalue weighted by atomic mass is 9.85. The Balaban J connectivity index is 2.30. The van der Waals surface area contributed by atoms with Gasteiger partial charge in [-0.2, -0.15) is 4.31 Å². The minimum atomic E-state index is -3.67.